The Morgan fingerprint density at radius 1 is 1.29 bits per heavy atom. The van der Waals surface area contributed by atoms with Gasteiger partial charge in [-0.15, -0.1) is 0 Å². The van der Waals surface area contributed by atoms with Crippen molar-refractivity contribution in [2.45, 2.75) is 39.3 Å². The number of aliphatic hydroxyl groups is 1. The molecule has 116 valence electrons. The molecule has 1 aromatic heterocycles. The van der Waals surface area contributed by atoms with Crippen LogP contribution in [0.1, 0.15) is 53.9 Å². The summed E-state index contributed by atoms with van der Waals surface area (Å²) in [5.74, 6) is -2.06. The second-order valence-electron chi connectivity index (χ2n) is 5.02. The molecule has 1 aromatic rings. The van der Waals surface area contributed by atoms with Crippen molar-refractivity contribution in [3.8, 4) is 0 Å². The number of hydrogen-bond donors (Lipinski definition) is 3. The molecule has 0 spiro atoms. The Hall–Kier alpha value is -2.15. The molecule has 1 heterocycles. The highest BCUT2D eigenvalue weighted by molar-refractivity contribution is 5.97. The number of pyridine rings is 1. The van der Waals surface area contributed by atoms with Crippen LogP contribution in [0.4, 0.5) is 0 Å². The molecule has 1 rings (SSSR count). The highest BCUT2D eigenvalue weighted by Crippen LogP contribution is 2.07. The minimum atomic E-state index is -1.38. The number of rotatable bonds is 6. The predicted molar refractivity (Wildman–Crippen MR) is 76.7 cm³/mol. The first kappa shape index (κ1) is 16.9. The predicted octanol–water partition coefficient (Wildman–Crippen LogP) is 0.628. The minimum absolute atomic E-state index is 0.102. The number of aromatic carboxylic acids is 1. The third kappa shape index (κ3) is 3.91. The molecule has 0 radical (unpaired) electrons. The molecule has 0 bridgehead atoms. The van der Waals surface area contributed by atoms with Crippen molar-refractivity contribution in [2.24, 2.45) is 0 Å². The van der Waals surface area contributed by atoms with E-state index in [1.165, 1.54) is 17.0 Å². The maximum Gasteiger partial charge on any atom is 0.341 e. The Kier molecular flexibility index (Phi) is 5.66. The van der Waals surface area contributed by atoms with Gasteiger partial charge in [0.25, 0.3) is 5.91 Å². The van der Waals surface area contributed by atoms with Crippen molar-refractivity contribution < 1.29 is 19.8 Å². The van der Waals surface area contributed by atoms with Crippen LogP contribution in [0.3, 0.4) is 0 Å². The van der Waals surface area contributed by atoms with Gasteiger partial charge in [0.05, 0.1) is 12.6 Å². The van der Waals surface area contributed by atoms with Crippen LogP contribution in [0.5, 0.6) is 0 Å². The lowest BCUT2D eigenvalue weighted by atomic mass is 10.1. The van der Waals surface area contributed by atoms with E-state index < -0.39 is 28.9 Å². The first-order chi connectivity index (χ1) is 9.81. The molecule has 0 unspecified atom stereocenters. The lowest BCUT2D eigenvalue weighted by Crippen LogP contribution is -2.40. The zero-order valence-electron chi connectivity index (χ0n) is 12.3. The number of aliphatic hydroxyl groups excluding tert-OH is 1. The summed E-state index contributed by atoms with van der Waals surface area (Å²) in [5.41, 5.74) is -1.52. The Labute approximate surface area is 122 Å². The van der Waals surface area contributed by atoms with Gasteiger partial charge in [-0.05, 0) is 20.3 Å². The number of carbonyl (C=O) groups is 2. The van der Waals surface area contributed by atoms with Crippen molar-refractivity contribution in [3.05, 3.63) is 33.7 Å². The number of aromatic nitrogens is 1. The molecular weight excluding hydrogens is 276 g/mol. The van der Waals surface area contributed by atoms with Crippen LogP contribution in [0.2, 0.25) is 0 Å². The molecule has 0 aliphatic heterocycles. The summed E-state index contributed by atoms with van der Waals surface area (Å²) in [6, 6.07) is -0.576. The number of hydrogen-bond acceptors (Lipinski definition) is 4. The third-order valence-electron chi connectivity index (χ3n) is 3.17. The Morgan fingerprint density at radius 2 is 1.86 bits per heavy atom. The van der Waals surface area contributed by atoms with Crippen LogP contribution in [-0.4, -0.2) is 39.3 Å². The van der Waals surface area contributed by atoms with E-state index in [-0.39, 0.29) is 18.2 Å². The van der Waals surface area contributed by atoms with Crippen molar-refractivity contribution >= 4 is 11.9 Å². The van der Waals surface area contributed by atoms with E-state index in [0.29, 0.717) is 6.42 Å². The molecule has 1 amide bonds. The summed E-state index contributed by atoms with van der Waals surface area (Å²) in [6.45, 7) is 5.14. The van der Waals surface area contributed by atoms with E-state index >= 15 is 0 Å². The van der Waals surface area contributed by atoms with Crippen LogP contribution in [-0.2, 0) is 0 Å². The lowest BCUT2D eigenvalue weighted by molar-refractivity contribution is 0.0694. The number of carbonyl (C=O) groups excluding carboxylic acids is 1. The maximum absolute atomic E-state index is 12.1. The zero-order chi connectivity index (χ0) is 16.2. The SMILES string of the molecule is CC[C@@H](CO)NC(=O)c1cn(C(C)C)cc(C(=O)O)c1=O. The molecule has 0 saturated carbocycles. The van der Waals surface area contributed by atoms with Gasteiger partial charge in [0, 0.05) is 18.4 Å². The quantitative estimate of drug-likeness (QED) is 0.713. The highest BCUT2D eigenvalue weighted by Gasteiger charge is 2.20. The topological polar surface area (TPSA) is 109 Å². The second-order valence-corrected chi connectivity index (χ2v) is 5.02. The molecule has 7 heteroatoms. The monoisotopic (exact) mass is 296 g/mol. The number of nitrogens with zero attached hydrogens (tertiary/aromatic N) is 1. The van der Waals surface area contributed by atoms with Gasteiger partial charge in [0.2, 0.25) is 5.43 Å². The second kappa shape index (κ2) is 7.03. The van der Waals surface area contributed by atoms with E-state index in [0.717, 1.165) is 0 Å². The van der Waals surface area contributed by atoms with E-state index in [9.17, 15) is 14.4 Å². The van der Waals surface area contributed by atoms with Crippen molar-refractivity contribution in [2.75, 3.05) is 6.61 Å². The molecule has 0 saturated heterocycles. The molecular formula is C14H20N2O5. The number of nitrogens with one attached hydrogen (secondary N) is 1. The summed E-state index contributed by atoms with van der Waals surface area (Å²) >= 11 is 0. The Bertz CT molecular complexity index is 588. The van der Waals surface area contributed by atoms with Gasteiger partial charge in [-0.25, -0.2) is 4.79 Å². The summed E-state index contributed by atoms with van der Waals surface area (Å²) < 4.78 is 1.50. The smallest absolute Gasteiger partial charge is 0.341 e. The molecule has 3 N–H and O–H groups in total. The van der Waals surface area contributed by atoms with Crippen molar-refractivity contribution in [1.82, 2.24) is 9.88 Å². The Balaban J connectivity index is 3.31. The third-order valence-corrected chi connectivity index (χ3v) is 3.17. The van der Waals surface area contributed by atoms with Gasteiger partial charge < -0.3 is 20.1 Å². The number of carboxylic acid groups (broad SMARTS) is 1. The number of amides is 1. The molecule has 0 aromatic carbocycles. The zero-order valence-corrected chi connectivity index (χ0v) is 12.3. The highest BCUT2D eigenvalue weighted by atomic mass is 16.4. The van der Waals surface area contributed by atoms with Crippen LogP contribution < -0.4 is 10.7 Å². The van der Waals surface area contributed by atoms with Crippen molar-refractivity contribution in [3.63, 3.8) is 0 Å². The van der Waals surface area contributed by atoms with Gasteiger partial charge in [-0.3, -0.25) is 9.59 Å². The van der Waals surface area contributed by atoms with E-state index in [2.05, 4.69) is 5.32 Å². The summed E-state index contributed by atoms with van der Waals surface area (Å²) in [5, 5.41) is 20.7. The van der Waals surface area contributed by atoms with Crippen LogP contribution in [0.25, 0.3) is 0 Å². The fourth-order valence-electron chi connectivity index (χ4n) is 1.75. The van der Waals surface area contributed by atoms with E-state index in [1.54, 1.807) is 20.8 Å². The first-order valence-electron chi connectivity index (χ1n) is 6.72. The fraction of sp³-hybridized carbons (Fsp3) is 0.500. The average Bonchev–Trinajstić information content (AvgIpc) is 2.43. The van der Waals surface area contributed by atoms with Crippen LogP contribution in [0, 0.1) is 0 Å². The summed E-state index contributed by atoms with van der Waals surface area (Å²) in [6.07, 6.45) is 3.05. The molecule has 0 aliphatic rings. The average molecular weight is 296 g/mol. The van der Waals surface area contributed by atoms with Gasteiger partial charge in [0.15, 0.2) is 0 Å². The van der Waals surface area contributed by atoms with E-state index in [1.807, 2.05) is 0 Å². The normalized spacial score (nSPS) is 12.2. The molecule has 7 nitrogen and oxygen atoms in total. The van der Waals surface area contributed by atoms with E-state index in [4.69, 9.17) is 10.2 Å². The standard InChI is InChI=1S/C14H20N2O5/c1-4-9(7-17)15-13(19)10-5-16(8(2)3)6-11(12(10)18)14(20)21/h5-6,8-9,17H,4,7H2,1-3H3,(H,15,19)(H,20,21)/t9-/m0/s1. The maximum atomic E-state index is 12.1. The summed E-state index contributed by atoms with van der Waals surface area (Å²) in [4.78, 5) is 35.3. The van der Waals surface area contributed by atoms with Crippen LogP contribution in [0.15, 0.2) is 17.2 Å². The van der Waals surface area contributed by atoms with Crippen LogP contribution >= 0.6 is 0 Å². The molecule has 1 atom stereocenters. The first-order valence-corrected chi connectivity index (χ1v) is 6.72. The van der Waals surface area contributed by atoms with Gasteiger partial charge in [-0.1, -0.05) is 6.92 Å². The Morgan fingerprint density at radius 3 is 2.29 bits per heavy atom. The van der Waals surface area contributed by atoms with Gasteiger partial charge in [-0.2, -0.15) is 0 Å². The summed E-state index contributed by atoms with van der Waals surface area (Å²) in [7, 11) is 0. The van der Waals surface area contributed by atoms with Crippen molar-refractivity contribution in [1.29, 1.82) is 0 Å². The largest absolute Gasteiger partial charge is 0.477 e. The number of carboxylic acids is 1. The lowest BCUT2D eigenvalue weighted by Gasteiger charge is -2.16. The minimum Gasteiger partial charge on any atom is -0.477 e. The fourth-order valence-corrected chi connectivity index (χ4v) is 1.75. The van der Waals surface area contributed by atoms with Gasteiger partial charge in [0.1, 0.15) is 11.1 Å². The molecule has 0 fully saturated rings. The molecule has 21 heavy (non-hydrogen) atoms. The van der Waals surface area contributed by atoms with Gasteiger partial charge >= 0.3 is 5.97 Å². The molecule has 0 aliphatic carbocycles.